The average Bonchev–Trinajstić information content (AvgIpc) is 3.07. The van der Waals surface area contributed by atoms with Gasteiger partial charge in [0.2, 0.25) is 0 Å². The number of ether oxygens (including phenoxy) is 1. The van der Waals surface area contributed by atoms with Gasteiger partial charge in [0.15, 0.2) is 5.88 Å². The topological polar surface area (TPSA) is 12.5 Å². The van der Waals surface area contributed by atoms with Crippen LogP contribution in [0.1, 0.15) is 55.4 Å². The van der Waals surface area contributed by atoms with E-state index in [1.165, 1.54) is 29.7 Å². The minimum absolute atomic E-state index is 0.247. The molecule has 2 aromatic rings. The predicted molar refractivity (Wildman–Crippen MR) is 118 cm³/mol. The Bertz CT molecular complexity index is 851. The zero-order valence-corrected chi connectivity index (χ0v) is 17.8. The van der Waals surface area contributed by atoms with Gasteiger partial charge in [-0.15, -0.1) is 0 Å². The van der Waals surface area contributed by atoms with Crippen LogP contribution in [0, 0.1) is 11.3 Å². The number of rotatable bonds is 4. The second-order valence-corrected chi connectivity index (χ2v) is 9.60. The molecule has 0 spiro atoms. The summed E-state index contributed by atoms with van der Waals surface area (Å²) in [5.74, 6) is 2.02. The lowest BCUT2D eigenvalue weighted by Crippen LogP contribution is -2.34. The van der Waals surface area contributed by atoms with Crippen molar-refractivity contribution in [2.75, 3.05) is 18.6 Å². The zero-order valence-electron chi connectivity index (χ0n) is 17.8. The molecule has 0 bridgehead atoms. The van der Waals surface area contributed by atoms with Crippen LogP contribution in [0.5, 0.6) is 0 Å². The van der Waals surface area contributed by atoms with Crippen molar-refractivity contribution in [2.24, 2.45) is 11.3 Å². The number of fused-ring (bicyclic) bond motifs is 2. The SMILES string of the molecule is C=C(OC)N1CCC(C(C)(C)C)c2cc(CC3Cc4ccccc4C3)ccc21. The van der Waals surface area contributed by atoms with Gasteiger partial charge in [0.05, 0.1) is 7.11 Å². The third-order valence-electron chi connectivity index (χ3n) is 6.64. The quantitative estimate of drug-likeness (QED) is 0.599. The summed E-state index contributed by atoms with van der Waals surface area (Å²) in [6.07, 6.45) is 4.71. The summed E-state index contributed by atoms with van der Waals surface area (Å²) in [5, 5.41) is 0. The maximum absolute atomic E-state index is 5.47. The summed E-state index contributed by atoms with van der Waals surface area (Å²) in [6, 6.07) is 16.0. The zero-order chi connectivity index (χ0) is 19.9. The summed E-state index contributed by atoms with van der Waals surface area (Å²) in [4.78, 5) is 2.24. The third kappa shape index (κ3) is 3.57. The molecular formula is C26H33NO. The van der Waals surface area contributed by atoms with E-state index in [0.717, 1.165) is 31.2 Å². The normalized spacial score (nSPS) is 19.3. The van der Waals surface area contributed by atoms with Crippen molar-refractivity contribution in [1.29, 1.82) is 0 Å². The molecule has 0 aromatic heterocycles. The van der Waals surface area contributed by atoms with E-state index in [2.05, 4.69) is 74.7 Å². The van der Waals surface area contributed by atoms with Crippen molar-refractivity contribution in [1.82, 2.24) is 0 Å². The molecule has 0 fully saturated rings. The molecule has 0 amide bonds. The number of hydrogen-bond donors (Lipinski definition) is 0. The molecule has 148 valence electrons. The van der Waals surface area contributed by atoms with Gasteiger partial charge in [0.25, 0.3) is 0 Å². The van der Waals surface area contributed by atoms with Crippen LogP contribution in [0.2, 0.25) is 0 Å². The molecule has 2 aromatic carbocycles. The van der Waals surface area contributed by atoms with E-state index in [9.17, 15) is 0 Å². The molecule has 28 heavy (non-hydrogen) atoms. The largest absolute Gasteiger partial charge is 0.483 e. The van der Waals surface area contributed by atoms with Gasteiger partial charge in [-0.25, -0.2) is 0 Å². The van der Waals surface area contributed by atoms with Gasteiger partial charge < -0.3 is 9.64 Å². The molecule has 0 N–H and O–H groups in total. The molecule has 1 atom stereocenters. The highest BCUT2D eigenvalue weighted by atomic mass is 16.5. The first kappa shape index (κ1) is 19.1. The fourth-order valence-corrected chi connectivity index (χ4v) is 5.19. The fraction of sp³-hybridized carbons (Fsp3) is 0.462. The number of methoxy groups -OCH3 is 1. The third-order valence-corrected chi connectivity index (χ3v) is 6.64. The second-order valence-electron chi connectivity index (χ2n) is 9.60. The summed E-state index contributed by atoms with van der Waals surface area (Å²) in [5.41, 5.74) is 7.54. The lowest BCUT2D eigenvalue weighted by atomic mass is 9.72. The molecule has 0 radical (unpaired) electrons. The molecule has 1 aliphatic heterocycles. The first-order valence-electron chi connectivity index (χ1n) is 10.6. The van der Waals surface area contributed by atoms with Crippen molar-refractivity contribution in [2.45, 2.75) is 52.4 Å². The maximum Gasteiger partial charge on any atom is 0.186 e. The van der Waals surface area contributed by atoms with Gasteiger partial charge in [0.1, 0.15) is 0 Å². The molecule has 1 aliphatic carbocycles. The van der Waals surface area contributed by atoms with Crippen LogP contribution in [0.15, 0.2) is 54.9 Å². The van der Waals surface area contributed by atoms with Crippen LogP contribution in [0.4, 0.5) is 5.69 Å². The maximum atomic E-state index is 5.47. The monoisotopic (exact) mass is 375 g/mol. The predicted octanol–water partition coefficient (Wildman–Crippen LogP) is 6.10. The number of hydrogen-bond acceptors (Lipinski definition) is 2. The van der Waals surface area contributed by atoms with Crippen LogP contribution in [0.3, 0.4) is 0 Å². The molecule has 2 nitrogen and oxygen atoms in total. The average molecular weight is 376 g/mol. The Labute approximate surface area is 170 Å². The van der Waals surface area contributed by atoms with E-state index < -0.39 is 0 Å². The smallest absolute Gasteiger partial charge is 0.186 e. The van der Waals surface area contributed by atoms with E-state index in [0.29, 0.717) is 5.92 Å². The van der Waals surface area contributed by atoms with Crippen LogP contribution in [-0.4, -0.2) is 13.7 Å². The van der Waals surface area contributed by atoms with E-state index in [1.54, 1.807) is 18.2 Å². The van der Waals surface area contributed by atoms with E-state index >= 15 is 0 Å². The molecule has 4 rings (SSSR count). The summed E-state index contributed by atoms with van der Waals surface area (Å²) in [7, 11) is 1.71. The Morgan fingerprint density at radius 3 is 2.39 bits per heavy atom. The highest BCUT2D eigenvalue weighted by Gasteiger charge is 2.34. The Kier molecular flexibility index (Phi) is 4.99. The van der Waals surface area contributed by atoms with Gasteiger partial charge in [-0.3, -0.25) is 0 Å². The van der Waals surface area contributed by atoms with Crippen molar-refractivity contribution in [3.8, 4) is 0 Å². The molecular weight excluding hydrogens is 342 g/mol. The lowest BCUT2D eigenvalue weighted by Gasteiger charge is -2.41. The second kappa shape index (κ2) is 7.31. The fourth-order valence-electron chi connectivity index (χ4n) is 5.19. The van der Waals surface area contributed by atoms with Crippen molar-refractivity contribution in [3.63, 3.8) is 0 Å². The highest BCUT2D eigenvalue weighted by molar-refractivity contribution is 5.61. The molecule has 0 saturated heterocycles. The first-order valence-corrected chi connectivity index (χ1v) is 10.6. The number of anilines is 1. The summed E-state index contributed by atoms with van der Waals surface area (Å²) in [6.45, 7) is 12.2. The van der Waals surface area contributed by atoms with Crippen LogP contribution in [-0.2, 0) is 24.0 Å². The Hall–Kier alpha value is -2.22. The van der Waals surface area contributed by atoms with Crippen molar-refractivity contribution < 1.29 is 4.74 Å². The Morgan fingerprint density at radius 1 is 1.11 bits per heavy atom. The molecule has 1 heterocycles. The van der Waals surface area contributed by atoms with E-state index in [-0.39, 0.29) is 5.41 Å². The van der Waals surface area contributed by atoms with Gasteiger partial charge >= 0.3 is 0 Å². The molecule has 0 saturated carbocycles. The summed E-state index contributed by atoms with van der Waals surface area (Å²) >= 11 is 0. The van der Waals surface area contributed by atoms with Crippen LogP contribution >= 0.6 is 0 Å². The van der Waals surface area contributed by atoms with Gasteiger partial charge in [-0.1, -0.05) is 57.2 Å². The number of benzene rings is 2. The van der Waals surface area contributed by atoms with E-state index in [1.807, 2.05) is 0 Å². The van der Waals surface area contributed by atoms with Gasteiger partial charge in [0, 0.05) is 12.2 Å². The Balaban J connectivity index is 1.62. The van der Waals surface area contributed by atoms with Crippen molar-refractivity contribution >= 4 is 5.69 Å². The molecule has 2 heteroatoms. The van der Waals surface area contributed by atoms with Gasteiger partial charge in [-0.2, -0.15) is 0 Å². The molecule has 2 aliphatic rings. The summed E-state index contributed by atoms with van der Waals surface area (Å²) < 4.78 is 5.47. The highest BCUT2D eigenvalue weighted by Crippen LogP contribution is 2.46. The minimum Gasteiger partial charge on any atom is -0.483 e. The molecule has 1 unspecified atom stereocenters. The Morgan fingerprint density at radius 2 is 1.79 bits per heavy atom. The lowest BCUT2D eigenvalue weighted by molar-refractivity contribution is 0.262. The minimum atomic E-state index is 0.247. The van der Waals surface area contributed by atoms with Gasteiger partial charge in [-0.05, 0) is 77.8 Å². The van der Waals surface area contributed by atoms with E-state index in [4.69, 9.17) is 4.74 Å². The van der Waals surface area contributed by atoms with Crippen LogP contribution in [0.25, 0.3) is 0 Å². The standard InChI is InChI=1S/C26H33NO/c1-18(28-5)27-13-12-24(26(2,3)4)23-17-19(10-11-25(23)27)14-20-15-21-8-6-7-9-22(21)16-20/h6-11,17,20,24H,1,12-16H2,2-5H3. The number of nitrogens with zero attached hydrogens (tertiary/aromatic N) is 1. The van der Waals surface area contributed by atoms with Crippen LogP contribution < -0.4 is 4.90 Å². The first-order chi connectivity index (χ1) is 13.4. The van der Waals surface area contributed by atoms with Crippen molar-refractivity contribution in [3.05, 3.63) is 77.2 Å².